The fourth-order valence-corrected chi connectivity index (χ4v) is 2.64. The SMILES string of the molecule is Cc1ccccc1C1CCCCCC1. The standard InChI is InChI=1S/C14H20/c1-12-8-6-7-11-14(12)13-9-4-2-3-5-10-13/h6-8,11,13H,2-5,9-10H2,1H3. The van der Waals surface area contributed by atoms with Gasteiger partial charge in [0.15, 0.2) is 0 Å². The Morgan fingerprint density at radius 2 is 1.57 bits per heavy atom. The average Bonchev–Trinajstić information content (AvgIpc) is 2.47. The van der Waals surface area contributed by atoms with Crippen LogP contribution in [0.2, 0.25) is 0 Å². The van der Waals surface area contributed by atoms with E-state index in [2.05, 4.69) is 31.2 Å². The summed E-state index contributed by atoms with van der Waals surface area (Å²) in [6, 6.07) is 8.91. The topological polar surface area (TPSA) is 0 Å². The lowest BCUT2D eigenvalue weighted by atomic mass is 9.89. The summed E-state index contributed by atoms with van der Waals surface area (Å²) in [5.74, 6) is 0.846. The molecule has 1 aromatic carbocycles. The third kappa shape index (κ3) is 2.17. The molecule has 1 aliphatic rings. The van der Waals surface area contributed by atoms with Gasteiger partial charge in [-0.25, -0.2) is 0 Å². The second-order valence-electron chi connectivity index (χ2n) is 4.55. The van der Waals surface area contributed by atoms with Crippen LogP contribution >= 0.6 is 0 Å². The van der Waals surface area contributed by atoms with Crippen LogP contribution in [0, 0.1) is 6.92 Å². The maximum atomic E-state index is 2.32. The summed E-state index contributed by atoms with van der Waals surface area (Å²) in [6.07, 6.45) is 8.57. The molecule has 0 heteroatoms. The molecule has 0 nitrogen and oxygen atoms in total. The van der Waals surface area contributed by atoms with Crippen LogP contribution in [0.1, 0.15) is 55.6 Å². The molecule has 1 saturated carbocycles. The van der Waals surface area contributed by atoms with Crippen LogP contribution in [0.25, 0.3) is 0 Å². The van der Waals surface area contributed by atoms with Crippen molar-refractivity contribution in [3.05, 3.63) is 35.4 Å². The largest absolute Gasteiger partial charge is 0.0620 e. The van der Waals surface area contributed by atoms with Crippen molar-refractivity contribution in [2.75, 3.05) is 0 Å². The van der Waals surface area contributed by atoms with Gasteiger partial charge in [0.2, 0.25) is 0 Å². The molecule has 1 aromatic rings. The molecular weight excluding hydrogens is 168 g/mol. The number of benzene rings is 1. The Hall–Kier alpha value is -0.780. The quantitative estimate of drug-likeness (QED) is 0.572. The van der Waals surface area contributed by atoms with Gasteiger partial charge in [-0.1, -0.05) is 49.9 Å². The molecule has 14 heavy (non-hydrogen) atoms. The highest BCUT2D eigenvalue weighted by atomic mass is 14.2. The van der Waals surface area contributed by atoms with Crippen LogP contribution in [0.5, 0.6) is 0 Å². The summed E-state index contributed by atoms with van der Waals surface area (Å²) in [6.45, 7) is 2.25. The van der Waals surface area contributed by atoms with Gasteiger partial charge in [-0.15, -0.1) is 0 Å². The molecule has 0 amide bonds. The Morgan fingerprint density at radius 1 is 0.929 bits per heavy atom. The molecule has 1 aliphatic carbocycles. The van der Waals surface area contributed by atoms with Gasteiger partial charge in [0.25, 0.3) is 0 Å². The van der Waals surface area contributed by atoms with E-state index in [1.807, 2.05) is 0 Å². The molecule has 0 aliphatic heterocycles. The van der Waals surface area contributed by atoms with Crippen LogP contribution in [-0.4, -0.2) is 0 Å². The van der Waals surface area contributed by atoms with Crippen LogP contribution < -0.4 is 0 Å². The Balaban J connectivity index is 2.16. The molecule has 0 atom stereocenters. The van der Waals surface area contributed by atoms with E-state index in [4.69, 9.17) is 0 Å². The van der Waals surface area contributed by atoms with E-state index in [1.54, 1.807) is 5.56 Å². The highest BCUT2D eigenvalue weighted by molar-refractivity contribution is 5.29. The lowest BCUT2D eigenvalue weighted by molar-refractivity contribution is 0.590. The Labute approximate surface area is 87.3 Å². The summed E-state index contributed by atoms with van der Waals surface area (Å²) in [7, 11) is 0. The summed E-state index contributed by atoms with van der Waals surface area (Å²) >= 11 is 0. The Bertz CT molecular complexity index is 280. The van der Waals surface area contributed by atoms with Crippen molar-refractivity contribution in [1.29, 1.82) is 0 Å². The third-order valence-electron chi connectivity index (χ3n) is 3.48. The summed E-state index contributed by atoms with van der Waals surface area (Å²) in [4.78, 5) is 0. The molecule has 0 heterocycles. The van der Waals surface area contributed by atoms with Crippen molar-refractivity contribution < 1.29 is 0 Å². The zero-order valence-electron chi connectivity index (χ0n) is 9.13. The third-order valence-corrected chi connectivity index (χ3v) is 3.48. The highest BCUT2D eigenvalue weighted by Crippen LogP contribution is 2.32. The molecule has 0 spiro atoms. The second-order valence-corrected chi connectivity index (χ2v) is 4.55. The molecule has 1 fully saturated rings. The van der Waals surface area contributed by atoms with Gasteiger partial charge in [-0.2, -0.15) is 0 Å². The zero-order chi connectivity index (χ0) is 9.80. The van der Waals surface area contributed by atoms with E-state index in [0.717, 1.165) is 5.92 Å². The second kappa shape index (κ2) is 4.63. The first-order valence-corrected chi connectivity index (χ1v) is 5.93. The monoisotopic (exact) mass is 188 g/mol. The van der Waals surface area contributed by atoms with E-state index in [1.165, 1.54) is 44.1 Å². The summed E-state index contributed by atoms with van der Waals surface area (Å²) in [5, 5.41) is 0. The van der Waals surface area contributed by atoms with Crippen LogP contribution in [-0.2, 0) is 0 Å². The summed E-state index contributed by atoms with van der Waals surface area (Å²) in [5.41, 5.74) is 3.09. The fourth-order valence-electron chi connectivity index (χ4n) is 2.64. The maximum Gasteiger partial charge on any atom is -0.0159 e. The molecular formula is C14H20. The van der Waals surface area contributed by atoms with E-state index >= 15 is 0 Å². The molecule has 76 valence electrons. The van der Waals surface area contributed by atoms with Gasteiger partial charge >= 0.3 is 0 Å². The van der Waals surface area contributed by atoms with Crippen LogP contribution in [0.15, 0.2) is 24.3 Å². The van der Waals surface area contributed by atoms with Gasteiger partial charge in [-0.3, -0.25) is 0 Å². The first-order valence-electron chi connectivity index (χ1n) is 5.93. The van der Waals surface area contributed by atoms with E-state index in [-0.39, 0.29) is 0 Å². The van der Waals surface area contributed by atoms with Crippen molar-refractivity contribution in [3.63, 3.8) is 0 Å². The first kappa shape index (κ1) is 9.76. The average molecular weight is 188 g/mol. The molecule has 0 aromatic heterocycles. The molecule has 0 saturated heterocycles. The molecule has 0 unspecified atom stereocenters. The molecule has 0 N–H and O–H groups in total. The smallest absolute Gasteiger partial charge is 0.0159 e. The Morgan fingerprint density at radius 3 is 2.21 bits per heavy atom. The summed E-state index contributed by atoms with van der Waals surface area (Å²) < 4.78 is 0. The van der Waals surface area contributed by atoms with Crippen molar-refractivity contribution >= 4 is 0 Å². The van der Waals surface area contributed by atoms with E-state index in [0.29, 0.717) is 0 Å². The van der Waals surface area contributed by atoms with Crippen LogP contribution in [0.4, 0.5) is 0 Å². The fraction of sp³-hybridized carbons (Fsp3) is 0.571. The van der Waals surface area contributed by atoms with Crippen molar-refractivity contribution in [3.8, 4) is 0 Å². The zero-order valence-corrected chi connectivity index (χ0v) is 9.13. The maximum absolute atomic E-state index is 2.32. The highest BCUT2D eigenvalue weighted by Gasteiger charge is 2.15. The number of hydrogen-bond acceptors (Lipinski definition) is 0. The van der Waals surface area contributed by atoms with Gasteiger partial charge in [-0.05, 0) is 36.8 Å². The number of hydrogen-bond donors (Lipinski definition) is 0. The Kier molecular flexibility index (Phi) is 3.23. The lowest BCUT2D eigenvalue weighted by Crippen LogP contribution is -1.99. The van der Waals surface area contributed by atoms with E-state index < -0.39 is 0 Å². The number of rotatable bonds is 1. The van der Waals surface area contributed by atoms with E-state index in [9.17, 15) is 0 Å². The van der Waals surface area contributed by atoms with Gasteiger partial charge in [0, 0.05) is 0 Å². The molecule has 0 radical (unpaired) electrons. The van der Waals surface area contributed by atoms with Crippen molar-refractivity contribution in [2.24, 2.45) is 0 Å². The lowest BCUT2D eigenvalue weighted by Gasteiger charge is -2.16. The minimum atomic E-state index is 0.846. The predicted octanol–water partition coefficient (Wildman–Crippen LogP) is 4.43. The minimum absolute atomic E-state index is 0.846. The van der Waals surface area contributed by atoms with Gasteiger partial charge in [0.05, 0.1) is 0 Å². The molecule has 2 rings (SSSR count). The van der Waals surface area contributed by atoms with Gasteiger partial charge in [0.1, 0.15) is 0 Å². The normalized spacial score (nSPS) is 19.2. The van der Waals surface area contributed by atoms with Gasteiger partial charge < -0.3 is 0 Å². The molecule has 0 bridgehead atoms. The first-order chi connectivity index (χ1) is 6.88. The number of aryl methyl sites for hydroxylation is 1. The van der Waals surface area contributed by atoms with Crippen LogP contribution in [0.3, 0.4) is 0 Å². The minimum Gasteiger partial charge on any atom is -0.0620 e. The van der Waals surface area contributed by atoms with Crippen molar-refractivity contribution in [1.82, 2.24) is 0 Å². The predicted molar refractivity (Wildman–Crippen MR) is 61.6 cm³/mol. The van der Waals surface area contributed by atoms with Crippen molar-refractivity contribution in [2.45, 2.75) is 51.4 Å².